The van der Waals surface area contributed by atoms with Crippen LogP contribution in [0.4, 0.5) is 30.8 Å². The van der Waals surface area contributed by atoms with Gasteiger partial charge in [-0.1, -0.05) is 19.0 Å². The molecular formula is C50H64F2N14O5. The molecule has 0 bridgehead atoms. The number of nitrogen functional groups attached to an aromatic ring is 1. The number of halogens is 2. The summed E-state index contributed by atoms with van der Waals surface area (Å²) in [6, 6.07) is 1.70. The van der Waals surface area contributed by atoms with Gasteiger partial charge in [0.15, 0.2) is 28.9 Å². The van der Waals surface area contributed by atoms with E-state index in [0.717, 1.165) is 63.1 Å². The summed E-state index contributed by atoms with van der Waals surface area (Å²) in [5.41, 5.74) is 9.25. The Kier molecular flexibility index (Phi) is 13.2. The third-order valence-corrected chi connectivity index (χ3v) is 14.9. The smallest absolute Gasteiger partial charge is 0.409 e. The second kappa shape index (κ2) is 19.3. The summed E-state index contributed by atoms with van der Waals surface area (Å²) in [6.07, 6.45) is 10.1. The Morgan fingerprint density at radius 2 is 1.63 bits per heavy atom. The van der Waals surface area contributed by atoms with Crippen LogP contribution in [0, 0.1) is 23.0 Å². The lowest BCUT2D eigenvalue weighted by molar-refractivity contribution is -0.133. The van der Waals surface area contributed by atoms with Crippen LogP contribution in [0.3, 0.4) is 0 Å². The van der Waals surface area contributed by atoms with Crippen LogP contribution in [-0.4, -0.2) is 146 Å². The minimum atomic E-state index is -0.726. The number of benzene rings is 1. The molecule has 4 saturated heterocycles. The molecule has 378 valence electrons. The van der Waals surface area contributed by atoms with Crippen molar-refractivity contribution in [1.29, 1.82) is 0 Å². The van der Waals surface area contributed by atoms with Crippen molar-refractivity contribution in [2.75, 3.05) is 88.0 Å². The van der Waals surface area contributed by atoms with Gasteiger partial charge in [0.2, 0.25) is 11.8 Å². The number of aromatic nitrogens is 7. The van der Waals surface area contributed by atoms with Gasteiger partial charge in [-0.3, -0.25) is 24.7 Å². The fraction of sp³-hybridized carbons (Fsp3) is 0.580. The molecule has 21 heteroatoms. The van der Waals surface area contributed by atoms with Gasteiger partial charge in [-0.05, 0) is 107 Å². The summed E-state index contributed by atoms with van der Waals surface area (Å²) >= 11 is 0. The van der Waals surface area contributed by atoms with Crippen LogP contribution in [-0.2, 0) is 19.9 Å². The molecular weight excluding hydrogens is 915 g/mol. The molecule has 1 unspecified atom stereocenters. The standard InChI is InChI=1S/C50H64F2N14O5/c1-49(2,3)66-46-39(44(53)56-28-57-46)40(60-66)41-38(43(71-61-41)30-6-7-30)45-54-24-31(25-55-45)33-12-15-65(27-50(33,4)5)48(69)70-21-20-62-13-10-29(11-14-62)26-63-16-18-64(19-17-63)42-34(51)22-32(23-35(42)52)58-36-8-9-37(67)59-47(36)68/h22-25,28-30,33,36,58H,6-21,26-27H2,1-5H3,(H2,53,56,57)(H,59,67,68)/t33-,36?/m1/s1. The summed E-state index contributed by atoms with van der Waals surface area (Å²) in [5, 5.41) is 15.2. The number of likely N-dealkylation sites (tertiary alicyclic amines) is 2. The molecule has 5 aromatic rings. The average molecular weight is 979 g/mol. The molecule has 4 aliphatic heterocycles. The third-order valence-electron chi connectivity index (χ3n) is 14.9. The average Bonchev–Trinajstić information content (AvgIpc) is 3.95. The maximum absolute atomic E-state index is 15.3. The molecule has 1 aromatic carbocycles. The monoisotopic (exact) mass is 979 g/mol. The first kappa shape index (κ1) is 48.3. The Bertz CT molecular complexity index is 2770. The van der Waals surface area contributed by atoms with E-state index >= 15 is 8.78 Å². The number of amides is 3. The molecule has 4 aromatic heterocycles. The number of piperidine rings is 3. The van der Waals surface area contributed by atoms with E-state index in [1.807, 2.05) is 22.0 Å². The highest BCUT2D eigenvalue weighted by atomic mass is 19.1. The Morgan fingerprint density at radius 1 is 0.915 bits per heavy atom. The van der Waals surface area contributed by atoms with E-state index in [9.17, 15) is 14.4 Å². The van der Waals surface area contributed by atoms with Crippen molar-refractivity contribution < 1.29 is 32.4 Å². The van der Waals surface area contributed by atoms with E-state index in [2.05, 4.69) is 70.2 Å². The van der Waals surface area contributed by atoms with Crippen molar-refractivity contribution in [1.82, 2.24) is 54.9 Å². The first-order valence-electron chi connectivity index (χ1n) is 25.0. The van der Waals surface area contributed by atoms with E-state index < -0.39 is 29.1 Å². The fourth-order valence-electron chi connectivity index (χ4n) is 10.9. The number of anilines is 3. The van der Waals surface area contributed by atoms with Crippen LogP contribution in [0.2, 0.25) is 0 Å². The molecule has 4 N–H and O–H groups in total. The second-order valence-corrected chi connectivity index (χ2v) is 21.6. The number of carbonyl (C=O) groups is 3. The largest absolute Gasteiger partial charge is 0.448 e. The van der Waals surface area contributed by atoms with Gasteiger partial charge in [0.05, 0.1) is 16.5 Å². The number of hydrogen-bond acceptors (Lipinski definition) is 16. The molecule has 0 radical (unpaired) electrons. The van der Waals surface area contributed by atoms with Crippen molar-refractivity contribution in [3.05, 3.63) is 53.8 Å². The maximum atomic E-state index is 15.3. The lowest BCUT2D eigenvalue weighted by Crippen LogP contribution is -2.49. The molecule has 0 spiro atoms. The van der Waals surface area contributed by atoms with E-state index in [1.54, 1.807) is 4.90 Å². The molecule has 1 saturated carbocycles. The zero-order chi connectivity index (χ0) is 49.8. The highest BCUT2D eigenvalue weighted by Crippen LogP contribution is 2.49. The van der Waals surface area contributed by atoms with Gasteiger partial charge in [0, 0.05) is 82.8 Å². The van der Waals surface area contributed by atoms with Crippen LogP contribution in [0.5, 0.6) is 0 Å². The topological polar surface area (TPSA) is 219 Å². The van der Waals surface area contributed by atoms with Gasteiger partial charge < -0.3 is 30.1 Å². The molecule has 19 nitrogen and oxygen atoms in total. The predicted octanol–water partition coefficient (Wildman–Crippen LogP) is 6.13. The lowest BCUT2D eigenvalue weighted by Gasteiger charge is -2.43. The Balaban J connectivity index is 0.677. The van der Waals surface area contributed by atoms with Gasteiger partial charge in [-0.15, -0.1) is 0 Å². The quantitative estimate of drug-likeness (QED) is 0.120. The molecule has 1 aliphatic carbocycles. The number of nitrogens with one attached hydrogen (secondary N) is 2. The zero-order valence-corrected chi connectivity index (χ0v) is 41.2. The number of nitrogens with zero attached hydrogens (tertiary/aromatic N) is 11. The maximum Gasteiger partial charge on any atom is 0.409 e. The van der Waals surface area contributed by atoms with Crippen LogP contribution in [0.15, 0.2) is 35.4 Å². The normalized spacial score (nSPS) is 21.7. The molecule has 5 fully saturated rings. The van der Waals surface area contributed by atoms with Gasteiger partial charge in [-0.25, -0.2) is 38.2 Å². The summed E-state index contributed by atoms with van der Waals surface area (Å²) in [6.45, 7) is 17.7. The van der Waals surface area contributed by atoms with Crippen molar-refractivity contribution >= 4 is 46.1 Å². The first-order valence-corrected chi connectivity index (χ1v) is 25.0. The van der Waals surface area contributed by atoms with Gasteiger partial charge >= 0.3 is 6.09 Å². The Hall–Kier alpha value is -6.35. The van der Waals surface area contributed by atoms with Crippen LogP contribution >= 0.6 is 0 Å². The van der Waals surface area contributed by atoms with Gasteiger partial charge in [0.25, 0.3) is 0 Å². The summed E-state index contributed by atoms with van der Waals surface area (Å²) in [7, 11) is 0. The van der Waals surface area contributed by atoms with Crippen LogP contribution in [0.25, 0.3) is 33.8 Å². The van der Waals surface area contributed by atoms with E-state index in [0.29, 0.717) is 98.0 Å². The molecule has 8 heterocycles. The number of hydrogen-bond donors (Lipinski definition) is 3. The molecule has 71 heavy (non-hydrogen) atoms. The predicted molar refractivity (Wildman–Crippen MR) is 261 cm³/mol. The first-order chi connectivity index (χ1) is 34.0. The molecule has 2 atom stereocenters. The number of ether oxygens (including phenoxy) is 1. The van der Waals surface area contributed by atoms with Gasteiger partial charge in [-0.2, -0.15) is 5.10 Å². The highest BCUT2D eigenvalue weighted by Gasteiger charge is 2.41. The minimum absolute atomic E-state index is 0.0568. The van der Waals surface area contributed by atoms with Gasteiger partial charge in [0.1, 0.15) is 41.9 Å². The van der Waals surface area contributed by atoms with Crippen LogP contribution < -0.4 is 21.3 Å². The number of carbonyl (C=O) groups excluding carboxylic acids is 3. The SMILES string of the molecule is CC1(C)CN(C(=O)OCCN2CCC(CN3CCN(c4c(F)cc(NC5CCC(=O)NC5=O)cc4F)CC3)CC2)CC[C@@H]1c1cnc(-c2c(-c3nn(C(C)(C)C)c4ncnc(N)c34)noc2C2CC2)nc1. The summed E-state index contributed by atoms with van der Waals surface area (Å²) in [4.78, 5) is 64.0. The fourth-order valence-corrected chi connectivity index (χ4v) is 10.9. The van der Waals surface area contributed by atoms with Crippen molar-refractivity contribution in [2.24, 2.45) is 11.3 Å². The molecule has 10 rings (SSSR count). The van der Waals surface area contributed by atoms with Crippen molar-refractivity contribution in [2.45, 2.75) is 103 Å². The van der Waals surface area contributed by atoms with Crippen molar-refractivity contribution in [3.63, 3.8) is 0 Å². The Labute approximate surface area is 411 Å². The zero-order valence-electron chi connectivity index (χ0n) is 41.2. The Morgan fingerprint density at radius 3 is 2.30 bits per heavy atom. The number of piperazine rings is 1. The number of fused-ring (bicyclic) bond motifs is 1. The molecule has 3 amide bonds. The van der Waals surface area contributed by atoms with E-state index in [-0.39, 0.29) is 53.5 Å². The second-order valence-electron chi connectivity index (χ2n) is 21.6. The molecule has 5 aliphatic rings. The minimum Gasteiger partial charge on any atom is -0.448 e. The lowest BCUT2D eigenvalue weighted by atomic mass is 9.71. The summed E-state index contributed by atoms with van der Waals surface area (Å²) in [5.74, 6) is 0.176. The van der Waals surface area contributed by atoms with E-state index in [1.165, 1.54) is 18.5 Å². The summed E-state index contributed by atoms with van der Waals surface area (Å²) < 4.78 is 44.3. The number of nitrogens with two attached hydrogens (primary N) is 1. The number of imide groups is 1. The number of rotatable bonds is 12. The van der Waals surface area contributed by atoms with E-state index in [4.69, 9.17) is 30.1 Å². The third kappa shape index (κ3) is 10.1. The van der Waals surface area contributed by atoms with Crippen LogP contribution in [0.1, 0.15) is 103 Å². The highest BCUT2D eigenvalue weighted by molar-refractivity contribution is 6.02. The van der Waals surface area contributed by atoms with Crippen molar-refractivity contribution in [3.8, 4) is 22.8 Å².